The zero-order chi connectivity index (χ0) is 82.1. The lowest BCUT2D eigenvalue weighted by Gasteiger charge is -2.35. The van der Waals surface area contributed by atoms with Crippen LogP contribution in [0.5, 0.6) is 0 Å². The van der Waals surface area contributed by atoms with Crippen molar-refractivity contribution >= 4 is 66.4 Å². The van der Waals surface area contributed by atoms with E-state index < -0.39 is 10.8 Å². The average Bonchev–Trinajstić information content (AvgIpc) is 1.53. The maximum absolute atomic E-state index is 2.55. The quantitative estimate of drug-likeness (QED) is 0.0896. The standard InChI is InChI=1S/C122H82N2/c1-6-30-83(31-7-1)86-64-72-103(73-65-86)123(115-77-69-98(82-109(115)90-34-8-2-9-35-90)106-51-27-39-89-36-20-21-48-105(89)106)117-56-29-55-114-120(117)108-50-23-25-53-112(108)122(114,101-46-14-5-15-47-101)102-70-62-87(63-71-102)93-40-26-41-94(78-93)88-66-74-104(75-67-88)124(118-57-28-54-113-119(118)107-49-22-24-52-111(107)121(113,99-42-10-3-11-43-99)100-44-12-4-13-45-100)116-76-68-96(95-60-58-84-32-16-18-37-91(84)79-95)81-110(116)97-61-59-85-33-17-19-38-92(85)80-97/h1-82H. The molecule has 2 heteroatoms. The molecule has 23 rings (SSSR count). The molecule has 124 heavy (non-hydrogen) atoms. The molecular weight excluding hydrogens is 1490 g/mol. The second-order valence-corrected chi connectivity index (χ2v) is 32.9. The second kappa shape index (κ2) is 30.7. The van der Waals surface area contributed by atoms with Crippen LogP contribution in [0.3, 0.4) is 0 Å². The SMILES string of the molecule is c1ccc(-c2ccc(N(c3ccc(-c4cccc5ccccc45)cc3-c3ccccc3)c3cccc4c3-c3ccccc3C4(c3ccccc3)c3ccc(-c4cccc(-c5ccc(N(c6ccc(-c7ccc8ccccc8c7)cc6-c6ccc7ccccc7c6)c6cccc7c6-c6ccccc6C7(c6ccccc6)c6ccccc6)cc5)c4)cc3)cc2)cc1. The van der Waals surface area contributed by atoms with Gasteiger partial charge in [0.1, 0.15) is 0 Å². The summed E-state index contributed by atoms with van der Waals surface area (Å²) in [5.41, 5.74) is 35.8. The predicted molar refractivity (Wildman–Crippen MR) is 521 cm³/mol. The molecule has 0 saturated carbocycles. The molecule has 0 N–H and O–H groups in total. The largest absolute Gasteiger partial charge is 0.309 e. The first-order valence-corrected chi connectivity index (χ1v) is 43.0. The molecule has 0 aromatic heterocycles. The smallest absolute Gasteiger partial charge is 0.0714 e. The van der Waals surface area contributed by atoms with Crippen LogP contribution in [-0.2, 0) is 10.8 Å². The summed E-state index contributed by atoms with van der Waals surface area (Å²) < 4.78 is 0. The fourth-order valence-electron chi connectivity index (χ4n) is 20.6. The average molecular weight is 1580 g/mol. The van der Waals surface area contributed by atoms with Gasteiger partial charge in [-0.2, -0.15) is 0 Å². The lowest BCUT2D eigenvalue weighted by molar-refractivity contribution is 0.768. The van der Waals surface area contributed by atoms with Gasteiger partial charge in [-0.1, -0.05) is 419 Å². The summed E-state index contributed by atoms with van der Waals surface area (Å²) in [6.45, 7) is 0. The Labute approximate surface area is 724 Å². The summed E-state index contributed by atoms with van der Waals surface area (Å²) in [7, 11) is 0. The van der Waals surface area contributed by atoms with Gasteiger partial charge >= 0.3 is 0 Å². The second-order valence-electron chi connectivity index (χ2n) is 32.9. The highest BCUT2D eigenvalue weighted by Gasteiger charge is 2.49. The van der Waals surface area contributed by atoms with Crippen molar-refractivity contribution in [2.24, 2.45) is 0 Å². The Balaban J connectivity index is 0.658. The van der Waals surface area contributed by atoms with E-state index in [2.05, 4.69) is 507 Å². The van der Waals surface area contributed by atoms with Crippen LogP contribution < -0.4 is 9.80 Å². The maximum atomic E-state index is 2.55. The fraction of sp³-hybridized carbons (Fsp3) is 0.0164. The highest BCUT2D eigenvalue weighted by atomic mass is 15.2. The monoisotopic (exact) mass is 1570 g/mol. The van der Waals surface area contributed by atoms with Gasteiger partial charge in [-0.15, -0.1) is 0 Å². The van der Waals surface area contributed by atoms with Crippen molar-refractivity contribution in [3.8, 4) is 100 Å². The Bertz CT molecular complexity index is 7590. The van der Waals surface area contributed by atoms with E-state index >= 15 is 0 Å². The summed E-state index contributed by atoms with van der Waals surface area (Å²) in [5.74, 6) is 0. The highest BCUT2D eigenvalue weighted by molar-refractivity contribution is 6.05. The Kier molecular flexibility index (Phi) is 18.1. The lowest BCUT2D eigenvalue weighted by Crippen LogP contribution is -2.28. The van der Waals surface area contributed by atoms with Gasteiger partial charge < -0.3 is 9.80 Å². The van der Waals surface area contributed by atoms with Gasteiger partial charge in [-0.05, 0) is 234 Å². The molecule has 0 heterocycles. The van der Waals surface area contributed by atoms with Crippen molar-refractivity contribution < 1.29 is 0 Å². The first kappa shape index (κ1) is 73.2. The molecule has 21 aromatic carbocycles. The Morgan fingerprint density at radius 1 is 0.145 bits per heavy atom. The molecule has 1 atom stereocenters. The van der Waals surface area contributed by atoms with E-state index in [4.69, 9.17) is 0 Å². The van der Waals surface area contributed by atoms with E-state index in [0.29, 0.717) is 0 Å². The van der Waals surface area contributed by atoms with Gasteiger partial charge in [0.05, 0.1) is 33.6 Å². The highest BCUT2D eigenvalue weighted by Crippen LogP contribution is 2.63. The van der Waals surface area contributed by atoms with Crippen LogP contribution >= 0.6 is 0 Å². The number of rotatable bonds is 17. The van der Waals surface area contributed by atoms with Gasteiger partial charge in [0.2, 0.25) is 0 Å². The van der Waals surface area contributed by atoms with Crippen LogP contribution in [0, 0.1) is 0 Å². The molecule has 0 radical (unpaired) electrons. The van der Waals surface area contributed by atoms with E-state index in [1.165, 1.54) is 116 Å². The summed E-state index contributed by atoms with van der Waals surface area (Å²) in [6, 6.07) is 186. The van der Waals surface area contributed by atoms with Crippen molar-refractivity contribution in [3.63, 3.8) is 0 Å². The fourth-order valence-corrected chi connectivity index (χ4v) is 20.6. The van der Waals surface area contributed by atoms with E-state index in [0.717, 1.165) is 95.3 Å². The normalized spacial score (nSPS) is 13.4. The third-order valence-electron chi connectivity index (χ3n) is 26.2. The summed E-state index contributed by atoms with van der Waals surface area (Å²) in [6.07, 6.45) is 0. The van der Waals surface area contributed by atoms with Crippen LogP contribution in [0.15, 0.2) is 497 Å². The van der Waals surface area contributed by atoms with Gasteiger partial charge in [0.25, 0.3) is 0 Å². The minimum absolute atomic E-state index is 0.614. The molecule has 0 spiro atoms. The third-order valence-corrected chi connectivity index (χ3v) is 26.2. The number of nitrogens with zero attached hydrogens (tertiary/aromatic N) is 2. The topological polar surface area (TPSA) is 6.48 Å². The van der Waals surface area contributed by atoms with E-state index in [-0.39, 0.29) is 0 Å². The predicted octanol–water partition coefficient (Wildman–Crippen LogP) is 32.5. The van der Waals surface area contributed by atoms with E-state index in [1.807, 2.05) is 0 Å². The number of hydrogen-bond donors (Lipinski definition) is 0. The first-order valence-electron chi connectivity index (χ1n) is 43.0. The third kappa shape index (κ3) is 12.2. The molecule has 0 bridgehead atoms. The van der Waals surface area contributed by atoms with Gasteiger partial charge in [0.15, 0.2) is 0 Å². The van der Waals surface area contributed by atoms with Crippen molar-refractivity contribution in [1.82, 2.24) is 0 Å². The molecule has 0 aliphatic heterocycles. The molecule has 0 saturated heterocycles. The van der Waals surface area contributed by atoms with Crippen LogP contribution in [0.2, 0.25) is 0 Å². The van der Waals surface area contributed by atoms with E-state index in [9.17, 15) is 0 Å². The molecule has 2 nitrogen and oxygen atoms in total. The molecule has 580 valence electrons. The maximum Gasteiger partial charge on any atom is 0.0714 e. The molecule has 21 aromatic rings. The Morgan fingerprint density at radius 2 is 0.452 bits per heavy atom. The van der Waals surface area contributed by atoms with Crippen LogP contribution in [0.25, 0.3) is 132 Å². The molecule has 2 aliphatic rings. The van der Waals surface area contributed by atoms with Crippen LogP contribution in [0.1, 0.15) is 44.5 Å². The Hall–Kier alpha value is -16.0. The summed E-state index contributed by atoms with van der Waals surface area (Å²) in [5, 5.41) is 7.27. The molecular formula is C122H82N2. The minimum atomic E-state index is -0.714. The Morgan fingerprint density at radius 3 is 0.984 bits per heavy atom. The van der Waals surface area contributed by atoms with Crippen LogP contribution in [0.4, 0.5) is 34.1 Å². The zero-order valence-corrected chi connectivity index (χ0v) is 68.2. The van der Waals surface area contributed by atoms with Gasteiger partial charge in [-0.25, -0.2) is 0 Å². The molecule has 1 unspecified atom stereocenters. The number of hydrogen-bond acceptors (Lipinski definition) is 2. The van der Waals surface area contributed by atoms with Gasteiger partial charge in [0, 0.05) is 33.6 Å². The number of benzene rings is 21. The van der Waals surface area contributed by atoms with Crippen molar-refractivity contribution in [2.75, 3.05) is 9.80 Å². The van der Waals surface area contributed by atoms with Crippen molar-refractivity contribution in [3.05, 3.63) is 542 Å². The number of anilines is 6. The molecule has 0 fully saturated rings. The van der Waals surface area contributed by atoms with Crippen LogP contribution in [-0.4, -0.2) is 0 Å². The van der Waals surface area contributed by atoms with Gasteiger partial charge in [-0.3, -0.25) is 0 Å². The number of fused-ring (bicyclic) bond motifs is 9. The van der Waals surface area contributed by atoms with Crippen molar-refractivity contribution in [1.29, 1.82) is 0 Å². The first-order chi connectivity index (χ1) is 61.5. The summed E-state index contributed by atoms with van der Waals surface area (Å²) >= 11 is 0. The zero-order valence-electron chi connectivity index (χ0n) is 68.2. The van der Waals surface area contributed by atoms with E-state index in [1.54, 1.807) is 0 Å². The minimum Gasteiger partial charge on any atom is -0.309 e. The summed E-state index contributed by atoms with van der Waals surface area (Å²) in [4.78, 5) is 5.09. The molecule has 2 aliphatic carbocycles. The van der Waals surface area contributed by atoms with Crippen molar-refractivity contribution in [2.45, 2.75) is 10.8 Å². The lowest BCUT2D eigenvalue weighted by atomic mass is 9.67. The molecule has 0 amide bonds.